The molecule has 0 radical (unpaired) electrons. The summed E-state index contributed by atoms with van der Waals surface area (Å²) in [6.45, 7) is 0. The molecular formula is C14H17ClFN3O2. The Balaban J connectivity index is 2.29. The molecule has 1 amide bonds. The number of rotatable bonds is 3. The lowest BCUT2D eigenvalue weighted by Gasteiger charge is -2.34. The number of anilines is 1. The van der Waals surface area contributed by atoms with Gasteiger partial charge in [0.05, 0.1) is 10.7 Å². The highest BCUT2D eigenvalue weighted by Gasteiger charge is 2.44. The Hall–Kier alpha value is -1.82. The van der Waals surface area contributed by atoms with E-state index in [1.807, 2.05) is 0 Å². The third kappa shape index (κ3) is 2.95. The predicted octanol–water partition coefficient (Wildman–Crippen LogP) is 3.11. The highest BCUT2D eigenvalue weighted by molar-refractivity contribution is 6.31. The van der Waals surface area contributed by atoms with Gasteiger partial charge in [0.2, 0.25) is 5.91 Å². The first-order valence-corrected chi connectivity index (χ1v) is 7.12. The monoisotopic (exact) mass is 313 g/mol. The summed E-state index contributed by atoms with van der Waals surface area (Å²) in [7, 11) is 0. The predicted molar refractivity (Wildman–Crippen MR) is 79.0 cm³/mol. The fraction of sp³-hybridized carbons (Fsp3) is 0.429. The number of amides is 1. The fourth-order valence-electron chi connectivity index (χ4n) is 2.69. The first-order chi connectivity index (χ1) is 10.0. The molecule has 1 aliphatic rings. The zero-order valence-corrected chi connectivity index (χ0v) is 12.2. The molecule has 0 aromatic heterocycles. The molecule has 0 saturated heterocycles. The Morgan fingerprint density at radius 2 is 2.05 bits per heavy atom. The highest BCUT2D eigenvalue weighted by Crippen LogP contribution is 2.38. The van der Waals surface area contributed by atoms with Crippen LogP contribution in [-0.2, 0) is 4.79 Å². The molecule has 0 spiro atoms. The molecule has 2 rings (SSSR count). The molecule has 4 N–H and O–H groups in total. The highest BCUT2D eigenvalue weighted by atomic mass is 35.5. The van der Waals surface area contributed by atoms with Crippen LogP contribution >= 0.6 is 11.6 Å². The second-order valence-electron chi connectivity index (χ2n) is 5.18. The van der Waals surface area contributed by atoms with Crippen LogP contribution in [0, 0.1) is 11.2 Å². The van der Waals surface area contributed by atoms with Crippen LogP contribution in [0.15, 0.2) is 23.4 Å². The van der Waals surface area contributed by atoms with Gasteiger partial charge in [-0.2, -0.15) is 0 Å². The summed E-state index contributed by atoms with van der Waals surface area (Å²) in [5.41, 5.74) is 4.62. The van der Waals surface area contributed by atoms with Crippen LogP contribution in [0.5, 0.6) is 0 Å². The van der Waals surface area contributed by atoms with E-state index in [0.717, 1.165) is 19.3 Å². The molecule has 1 saturated carbocycles. The molecule has 0 atom stereocenters. The third-order valence-corrected chi connectivity index (χ3v) is 4.23. The van der Waals surface area contributed by atoms with Gasteiger partial charge in [-0.25, -0.2) is 4.39 Å². The largest absolute Gasteiger partial charge is 0.409 e. The lowest BCUT2D eigenvalue weighted by atomic mass is 9.72. The maximum Gasteiger partial charge on any atom is 0.238 e. The number of carbonyl (C=O) groups is 1. The van der Waals surface area contributed by atoms with Crippen molar-refractivity contribution in [3.63, 3.8) is 0 Å². The van der Waals surface area contributed by atoms with E-state index in [4.69, 9.17) is 22.5 Å². The topological polar surface area (TPSA) is 87.7 Å². The van der Waals surface area contributed by atoms with Crippen LogP contribution in [0.25, 0.3) is 0 Å². The van der Waals surface area contributed by atoms with E-state index in [1.54, 1.807) is 0 Å². The zero-order chi connectivity index (χ0) is 15.5. The number of nitrogens with two attached hydrogens (primary N) is 1. The fourth-order valence-corrected chi connectivity index (χ4v) is 2.87. The molecule has 7 heteroatoms. The van der Waals surface area contributed by atoms with Crippen molar-refractivity contribution in [1.29, 1.82) is 0 Å². The van der Waals surface area contributed by atoms with Crippen molar-refractivity contribution in [3.8, 4) is 0 Å². The molecule has 0 bridgehead atoms. The normalized spacial score (nSPS) is 18.3. The van der Waals surface area contributed by atoms with Crippen LogP contribution < -0.4 is 11.1 Å². The van der Waals surface area contributed by atoms with Crippen molar-refractivity contribution >= 4 is 29.0 Å². The SMILES string of the molecule is NC(=NO)C1(C(=O)Nc2cccc(Cl)c2F)CCCCC1. The molecule has 0 unspecified atom stereocenters. The maximum absolute atomic E-state index is 13.9. The molecular weight excluding hydrogens is 297 g/mol. The molecule has 21 heavy (non-hydrogen) atoms. The van der Waals surface area contributed by atoms with Crippen molar-refractivity contribution in [2.75, 3.05) is 5.32 Å². The van der Waals surface area contributed by atoms with Crippen LogP contribution in [-0.4, -0.2) is 17.0 Å². The van der Waals surface area contributed by atoms with E-state index in [0.29, 0.717) is 12.8 Å². The first-order valence-electron chi connectivity index (χ1n) is 6.75. The summed E-state index contributed by atoms with van der Waals surface area (Å²) in [6.07, 6.45) is 3.51. The van der Waals surface area contributed by atoms with Gasteiger partial charge in [-0.1, -0.05) is 42.1 Å². The van der Waals surface area contributed by atoms with Crippen molar-refractivity contribution in [2.45, 2.75) is 32.1 Å². The van der Waals surface area contributed by atoms with E-state index in [9.17, 15) is 9.18 Å². The van der Waals surface area contributed by atoms with Crippen LogP contribution in [0.3, 0.4) is 0 Å². The van der Waals surface area contributed by atoms with Gasteiger partial charge in [0, 0.05) is 0 Å². The number of hydrogen-bond donors (Lipinski definition) is 3. The number of nitrogens with one attached hydrogen (secondary N) is 1. The van der Waals surface area contributed by atoms with Gasteiger partial charge in [-0.05, 0) is 25.0 Å². The second kappa shape index (κ2) is 6.30. The minimum atomic E-state index is -1.10. The summed E-state index contributed by atoms with van der Waals surface area (Å²) in [5, 5.41) is 14.4. The van der Waals surface area contributed by atoms with E-state index >= 15 is 0 Å². The number of hydrogen-bond acceptors (Lipinski definition) is 3. The van der Waals surface area contributed by atoms with Crippen LogP contribution in [0.1, 0.15) is 32.1 Å². The third-order valence-electron chi connectivity index (χ3n) is 3.94. The van der Waals surface area contributed by atoms with Gasteiger partial charge in [-0.15, -0.1) is 0 Å². The van der Waals surface area contributed by atoms with Crippen LogP contribution in [0.2, 0.25) is 5.02 Å². The molecule has 1 aromatic carbocycles. The Labute approximate surface area is 127 Å². The van der Waals surface area contributed by atoms with E-state index in [-0.39, 0.29) is 16.5 Å². The number of halogens is 2. The molecule has 1 aliphatic carbocycles. The van der Waals surface area contributed by atoms with E-state index in [1.165, 1.54) is 18.2 Å². The Bertz CT molecular complexity index is 571. The van der Waals surface area contributed by atoms with Crippen molar-refractivity contribution in [1.82, 2.24) is 0 Å². The molecule has 1 aromatic rings. The molecule has 5 nitrogen and oxygen atoms in total. The van der Waals surface area contributed by atoms with Gasteiger partial charge in [0.15, 0.2) is 11.7 Å². The summed E-state index contributed by atoms with van der Waals surface area (Å²) >= 11 is 5.69. The van der Waals surface area contributed by atoms with Gasteiger partial charge >= 0.3 is 0 Å². The Morgan fingerprint density at radius 1 is 1.38 bits per heavy atom. The molecule has 0 heterocycles. The van der Waals surface area contributed by atoms with Crippen molar-refractivity contribution in [3.05, 3.63) is 29.0 Å². The van der Waals surface area contributed by atoms with E-state index in [2.05, 4.69) is 10.5 Å². The second-order valence-corrected chi connectivity index (χ2v) is 5.59. The minimum absolute atomic E-state index is 0.0109. The van der Waals surface area contributed by atoms with Gasteiger partial charge in [0.1, 0.15) is 5.41 Å². The summed E-state index contributed by atoms with van der Waals surface area (Å²) in [6, 6.07) is 4.35. The minimum Gasteiger partial charge on any atom is -0.409 e. The maximum atomic E-state index is 13.9. The number of amidine groups is 1. The summed E-state index contributed by atoms with van der Waals surface area (Å²) in [4.78, 5) is 12.6. The molecule has 114 valence electrons. The number of benzene rings is 1. The molecule has 0 aliphatic heterocycles. The quantitative estimate of drug-likeness (QED) is 0.347. The Kier molecular flexibility index (Phi) is 4.67. The number of oxime groups is 1. The molecule has 1 fully saturated rings. The number of carbonyl (C=O) groups excluding carboxylic acids is 1. The van der Waals surface area contributed by atoms with Crippen LogP contribution in [0.4, 0.5) is 10.1 Å². The summed E-state index contributed by atoms with van der Waals surface area (Å²) in [5.74, 6) is -1.31. The van der Waals surface area contributed by atoms with Gasteiger partial charge in [-0.3, -0.25) is 4.79 Å². The van der Waals surface area contributed by atoms with E-state index < -0.39 is 17.1 Å². The first kappa shape index (κ1) is 15.6. The standard InChI is InChI=1S/C14H17ClFN3O2/c15-9-5-4-6-10(11(9)16)18-13(20)14(12(17)19-21)7-2-1-3-8-14/h4-6,21H,1-3,7-8H2,(H2,17,19)(H,18,20). The average molecular weight is 314 g/mol. The van der Waals surface area contributed by atoms with Gasteiger partial charge in [0.25, 0.3) is 0 Å². The van der Waals surface area contributed by atoms with Gasteiger partial charge < -0.3 is 16.3 Å². The number of nitrogens with zero attached hydrogens (tertiary/aromatic N) is 1. The summed E-state index contributed by atoms with van der Waals surface area (Å²) < 4.78 is 13.9. The lowest BCUT2D eigenvalue weighted by molar-refractivity contribution is -0.123. The smallest absolute Gasteiger partial charge is 0.238 e. The zero-order valence-electron chi connectivity index (χ0n) is 11.4. The lowest BCUT2D eigenvalue weighted by Crippen LogP contribution is -2.48. The van der Waals surface area contributed by atoms with Crippen molar-refractivity contribution < 1.29 is 14.4 Å². The van der Waals surface area contributed by atoms with Crippen molar-refractivity contribution in [2.24, 2.45) is 16.3 Å². The Morgan fingerprint density at radius 3 is 2.67 bits per heavy atom. The average Bonchev–Trinajstić information content (AvgIpc) is 2.51.